The van der Waals surface area contributed by atoms with Crippen LogP contribution >= 0.6 is 11.3 Å². The van der Waals surface area contributed by atoms with E-state index in [2.05, 4.69) is 17.4 Å². The van der Waals surface area contributed by atoms with Crippen molar-refractivity contribution < 1.29 is 9.90 Å². The summed E-state index contributed by atoms with van der Waals surface area (Å²) in [5.74, 6) is -1.06. The minimum Gasteiger partial charge on any atom is -0.481 e. The molecule has 0 amide bonds. The lowest BCUT2D eigenvalue weighted by molar-refractivity contribution is -0.141. The number of carboxylic acids is 1. The van der Waals surface area contributed by atoms with Crippen molar-refractivity contribution in [3.8, 4) is 0 Å². The minimum atomic E-state index is -0.737. The first-order valence-electron chi connectivity index (χ1n) is 5.65. The predicted molar refractivity (Wildman–Crippen MR) is 71.7 cm³/mol. The van der Waals surface area contributed by atoms with Crippen molar-refractivity contribution in [2.45, 2.75) is 13.3 Å². The van der Waals surface area contributed by atoms with Gasteiger partial charge in [-0.15, -0.1) is 11.3 Å². The number of hydrogen-bond acceptors (Lipinski definition) is 3. The lowest BCUT2D eigenvalue weighted by Crippen LogP contribution is -2.21. The van der Waals surface area contributed by atoms with Gasteiger partial charge in [0.15, 0.2) is 0 Å². The molecule has 0 radical (unpaired) electrons. The van der Waals surface area contributed by atoms with Crippen molar-refractivity contribution in [2.75, 3.05) is 11.9 Å². The largest absolute Gasteiger partial charge is 0.481 e. The summed E-state index contributed by atoms with van der Waals surface area (Å²) in [7, 11) is 0. The van der Waals surface area contributed by atoms with Gasteiger partial charge in [-0.2, -0.15) is 0 Å². The molecule has 1 aromatic carbocycles. The number of hydrogen-bond donors (Lipinski definition) is 2. The first-order valence-corrected chi connectivity index (χ1v) is 6.53. The van der Waals surface area contributed by atoms with Crippen LogP contribution in [0.5, 0.6) is 0 Å². The first kappa shape index (κ1) is 11.9. The van der Waals surface area contributed by atoms with Gasteiger partial charge in [0.25, 0.3) is 0 Å². The zero-order valence-corrected chi connectivity index (χ0v) is 10.5. The van der Waals surface area contributed by atoms with Gasteiger partial charge < -0.3 is 10.4 Å². The number of benzene rings is 1. The summed E-state index contributed by atoms with van der Waals surface area (Å²) in [6.45, 7) is 2.37. The Bertz CT molecular complexity index is 521. The summed E-state index contributed by atoms with van der Waals surface area (Å²) in [5, 5.41) is 15.4. The number of nitrogens with one attached hydrogen (secondary N) is 1. The van der Waals surface area contributed by atoms with E-state index in [0.717, 1.165) is 11.1 Å². The highest BCUT2D eigenvalue weighted by molar-refractivity contribution is 7.17. The summed E-state index contributed by atoms with van der Waals surface area (Å²) >= 11 is 1.67. The quantitative estimate of drug-likeness (QED) is 0.853. The van der Waals surface area contributed by atoms with Gasteiger partial charge in [0.1, 0.15) is 0 Å². The van der Waals surface area contributed by atoms with Gasteiger partial charge >= 0.3 is 5.97 Å². The van der Waals surface area contributed by atoms with Crippen molar-refractivity contribution in [1.82, 2.24) is 0 Å². The standard InChI is InChI=1S/C13H15NO2S/c1-2-9(13(15)16)7-14-11-8-17-12-6-4-3-5-10(11)12/h3-6,8-9,14H,2,7H2,1H3,(H,15,16). The number of carboxylic acid groups (broad SMARTS) is 1. The van der Waals surface area contributed by atoms with Crippen LogP contribution in [0.4, 0.5) is 5.69 Å². The van der Waals surface area contributed by atoms with E-state index in [1.807, 2.05) is 24.4 Å². The number of anilines is 1. The molecule has 0 aliphatic heterocycles. The maximum Gasteiger partial charge on any atom is 0.308 e. The molecular formula is C13H15NO2S. The third-order valence-corrected chi connectivity index (χ3v) is 3.83. The normalized spacial score (nSPS) is 12.5. The number of aliphatic carboxylic acids is 1. The van der Waals surface area contributed by atoms with Crippen molar-refractivity contribution in [3.05, 3.63) is 29.6 Å². The minimum absolute atomic E-state index is 0.325. The maximum absolute atomic E-state index is 10.9. The number of carbonyl (C=O) groups is 1. The Balaban J connectivity index is 2.11. The van der Waals surface area contributed by atoms with E-state index in [0.29, 0.717) is 13.0 Å². The number of fused-ring (bicyclic) bond motifs is 1. The molecule has 0 bridgehead atoms. The van der Waals surface area contributed by atoms with E-state index >= 15 is 0 Å². The van der Waals surface area contributed by atoms with Crippen molar-refractivity contribution >= 4 is 33.1 Å². The Kier molecular flexibility index (Phi) is 3.64. The van der Waals surface area contributed by atoms with E-state index in [1.54, 1.807) is 11.3 Å². The van der Waals surface area contributed by atoms with Crippen molar-refractivity contribution in [1.29, 1.82) is 0 Å². The van der Waals surface area contributed by atoms with E-state index in [9.17, 15) is 4.79 Å². The maximum atomic E-state index is 10.9. The molecule has 1 unspecified atom stereocenters. The zero-order chi connectivity index (χ0) is 12.3. The van der Waals surface area contributed by atoms with Crippen LogP contribution in [0.3, 0.4) is 0 Å². The van der Waals surface area contributed by atoms with Gasteiger partial charge in [0.05, 0.1) is 11.6 Å². The summed E-state index contributed by atoms with van der Waals surface area (Å²) in [5.41, 5.74) is 1.03. The second-order valence-corrected chi connectivity index (χ2v) is 4.88. The van der Waals surface area contributed by atoms with Crippen LogP contribution in [-0.2, 0) is 4.79 Å². The van der Waals surface area contributed by atoms with E-state index in [-0.39, 0.29) is 5.92 Å². The van der Waals surface area contributed by atoms with Crippen LogP contribution in [0.25, 0.3) is 10.1 Å². The highest BCUT2D eigenvalue weighted by Gasteiger charge is 2.15. The molecule has 0 aliphatic rings. The van der Waals surface area contributed by atoms with Crippen molar-refractivity contribution in [3.63, 3.8) is 0 Å². The van der Waals surface area contributed by atoms with E-state index < -0.39 is 5.97 Å². The third-order valence-electron chi connectivity index (χ3n) is 2.86. The van der Waals surface area contributed by atoms with Crippen LogP contribution in [0.15, 0.2) is 29.6 Å². The topological polar surface area (TPSA) is 49.3 Å². The van der Waals surface area contributed by atoms with Gasteiger partial charge in [-0.05, 0) is 12.5 Å². The molecular weight excluding hydrogens is 234 g/mol. The third kappa shape index (κ3) is 2.58. The number of thiophene rings is 1. The average Bonchev–Trinajstić information content (AvgIpc) is 2.73. The van der Waals surface area contributed by atoms with Gasteiger partial charge in [0.2, 0.25) is 0 Å². The molecule has 17 heavy (non-hydrogen) atoms. The lowest BCUT2D eigenvalue weighted by Gasteiger charge is -2.11. The molecule has 2 aromatic rings. The summed E-state index contributed by atoms with van der Waals surface area (Å²) < 4.78 is 1.22. The SMILES string of the molecule is CCC(CNc1csc2ccccc12)C(=O)O. The molecule has 1 heterocycles. The molecule has 2 rings (SSSR count). The molecule has 2 N–H and O–H groups in total. The Morgan fingerprint density at radius 1 is 1.47 bits per heavy atom. The summed E-state index contributed by atoms with van der Waals surface area (Å²) in [6, 6.07) is 8.12. The fourth-order valence-electron chi connectivity index (χ4n) is 1.75. The first-order chi connectivity index (χ1) is 8.22. The Morgan fingerprint density at radius 3 is 2.94 bits per heavy atom. The molecule has 90 valence electrons. The fraction of sp³-hybridized carbons (Fsp3) is 0.308. The van der Waals surface area contributed by atoms with Crippen LogP contribution in [0, 0.1) is 5.92 Å². The van der Waals surface area contributed by atoms with Gasteiger partial charge in [-0.3, -0.25) is 4.79 Å². The van der Waals surface area contributed by atoms with Gasteiger partial charge in [-0.1, -0.05) is 25.1 Å². The molecule has 0 fully saturated rings. The molecule has 0 saturated carbocycles. The second-order valence-electron chi connectivity index (χ2n) is 3.97. The fourth-order valence-corrected chi connectivity index (χ4v) is 2.67. The molecule has 1 atom stereocenters. The molecule has 0 saturated heterocycles. The monoisotopic (exact) mass is 249 g/mol. The summed E-state index contributed by atoms with van der Waals surface area (Å²) in [6.07, 6.45) is 0.643. The molecule has 4 heteroatoms. The molecule has 0 aliphatic carbocycles. The van der Waals surface area contributed by atoms with Crippen LogP contribution in [0.1, 0.15) is 13.3 Å². The smallest absolute Gasteiger partial charge is 0.308 e. The molecule has 0 spiro atoms. The predicted octanol–water partition coefficient (Wildman–Crippen LogP) is 3.42. The number of rotatable bonds is 5. The highest BCUT2D eigenvalue weighted by Crippen LogP contribution is 2.29. The Morgan fingerprint density at radius 2 is 2.24 bits per heavy atom. The van der Waals surface area contributed by atoms with Crippen LogP contribution in [0.2, 0.25) is 0 Å². The Hall–Kier alpha value is -1.55. The van der Waals surface area contributed by atoms with E-state index in [4.69, 9.17) is 5.11 Å². The van der Waals surface area contributed by atoms with Crippen LogP contribution < -0.4 is 5.32 Å². The zero-order valence-electron chi connectivity index (χ0n) is 9.64. The highest BCUT2D eigenvalue weighted by atomic mass is 32.1. The van der Waals surface area contributed by atoms with Gasteiger partial charge in [0, 0.05) is 22.0 Å². The Labute approximate surface area is 104 Å². The van der Waals surface area contributed by atoms with E-state index in [1.165, 1.54) is 4.70 Å². The molecule has 1 aromatic heterocycles. The average molecular weight is 249 g/mol. The molecule has 3 nitrogen and oxygen atoms in total. The summed E-state index contributed by atoms with van der Waals surface area (Å²) in [4.78, 5) is 10.9. The van der Waals surface area contributed by atoms with Crippen molar-refractivity contribution in [2.24, 2.45) is 5.92 Å². The van der Waals surface area contributed by atoms with Crippen LogP contribution in [-0.4, -0.2) is 17.6 Å². The lowest BCUT2D eigenvalue weighted by atomic mass is 10.1. The second kappa shape index (κ2) is 5.19. The van der Waals surface area contributed by atoms with Gasteiger partial charge in [-0.25, -0.2) is 0 Å².